The molecule has 33 heavy (non-hydrogen) atoms. The molecule has 1 aromatic heterocycles. The molecule has 0 N–H and O–H groups in total. The lowest BCUT2D eigenvalue weighted by Gasteiger charge is -2.36. The van der Waals surface area contributed by atoms with Crippen LogP contribution in [0.1, 0.15) is 51.7 Å². The summed E-state index contributed by atoms with van der Waals surface area (Å²) in [6, 6.07) is 15.3. The average Bonchev–Trinajstić information content (AvgIpc) is 3.33. The van der Waals surface area contributed by atoms with Gasteiger partial charge in [0, 0.05) is 30.1 Å². The number of nitrogens with zero attached hydrogens (tertiary/aromatic N) is 2. The minimum atomic E-state index is -4.00. The smallest absolute Gasteiger partial charge is 0.254 e. The van der Waals surface area contributed by atoms with Gasteiger partial charge < -0.3 is 4.90 Å². The van der Waals surface area contributed by atoms with E-state index in [1.807, 2.05) is 41.8 Å². The van der Waals surface area contributed by atoms with Gasteiger partial charge in [-0.15, -0.1) is 11.3 Å². The molecule has 1 unspecified atom stereocenters. The summed E-state index contributed by atoms with van der Waals surface area (Å²) in [6.45, 7) is 1.27. The predicted octanol–water partition coefficient (Wildman–Crippen LogP) is 4.85. The van der Waals surface area contributed by atoms with Crippen molar-refractivity contribution in [2.24, 2.45) is 0 Å². The Morgan fingerprint density at radius 1 is 0.970 bits per heavy atom. The van der Waals surface area contributed by atoms with E-state index in [9.17, 15) is 17.6 Å². The summed E-state index contributed by atoms with van der Waals surface area (Å²) in [5, 5.41) is 2.04. The van der Waals surface area contributed by atoms with Crippen LogP contribution in [0.5, 0.6) is 0 Å². The number of hydrogen-bond acceptors (Lipinski definition) is 4. The fourth-order valence-corrected chi connectivity index (χ4v) is 7.29. The van der Waals surface area contributed by atoms with Crippen LogP contribution in [0.25, 0.3) is 0 Å². The van der Waals surface area contributed by atoms with Crippen molar-refractivity contribution < 1.29 is 17.6 Å². The Morgan fingerprint density at radius 2 is 1.73 bits per heavy atom. The second kappa shape index (κ2) is 9.00. The van der Waals surface area contributed by atoms with Crippen LogP contribution in [0.2, 0.25) is 0 Å². The maximum atomic E-state index is 14.7. The lowest BCUT2D eigenvalue weighted by molar-refractivity contribution is 0.0695. The maximum Gasteiger partial charge on any atom is 0.254 e. The van der Waals surface area contributed by atoms with Crippen LogP contribution >= 0.6 is 11.3 Å². The second-order valence-electron chi connectivity index (χ2n) is 8.47. The molecule has 0 bridgehead atoms. The third-order valence-electron chi connectivity index (χ3n) is 6.45. The molecule has 172 valence electrons. The highest BCUT2D eigenvalue weighted by molar-refractivity contribution is 7.89. The van der Waals surface area contributed by atoms with Gasteiger partial charge in [0.05, 0.1) is 6.04 Å². The molecule has 0 saturated carbocycles. The van der Waals surface area contributed by atoms with E-state index in [4.69, 9.17) is 0 Å². The van der Waals surface area contributed by atoms with Gasteiger partial charge >= 0.3 is 0 Å². The van der Waals surface area contributed by atoms with Gasteiger partial charge in [-0.25, -0.2) is 12.8 Å². The number of thiophene rings is 1. The van der Waals surface area contributed by atoms with Crippen LogP contribution in [-0.2, 0) is 16.4 Å². The fourth-order valence-electron chi connectivity index (χ4n) is 4.77. The van der Waals surface area contributed by atoms with E-state index in [1.165, 1.54) is 21.3 Å². The first-order valence-corrected chi connectivity index (χ1v) is 13.5. The molecule has 1 atom stereocenters. The number of piperidine rings is 1. The molecule has 1 fully saturated rings. The zero-order valence-electron chi connectivity index (χ0n) is 18.1. The third kappa shape index (κ3) is 4.11. The molecule has 0 radical (unpaired) electrons. The summed E-state index contributed by atoms with van der Waals surface area (Å²) in [4.78, 5) is 16.3. The Hall–Kier alpha value is -2.55. The SMILES string of the molecule is O=C(c1ccc(F)c(S(=O)(=O)N2CCCCC2)c1)N1CCc2sccc2C1c1ccccc1. The summed E-state index contributed by atoms with van der Waals surface area (Å²) >= 11 is 1.68. The number of carbonyl (C=O) groups is 1. The van der Waals surface area contributed by atoms with Crippen LogP contribution in [-0.4, -0.2) is 43.2 Å². The molecule has 2 aromatic carbocycles. The number of benzene rings is 2. The Bertz CT molecular complexity index is 1270. The summed E-state index contributed by atoms with van der Waals surface area (Å²) in [5.74, 6) is -1.12. The Kier molecular flexibility index (Phi) is 6.07. The standard InChI is InChI=1S/C25H25FN2O3S2/c26-21-10-9-19(17-23(21)33(30,31)27-13-5-2-6-14-27)25(29)28-15-11-22-20(12-16-32-22)24(28)18-7-3-1-4-8-18/h1,3-4,7-10,12,16-17,24H,2,5-6,11,13-15H2. The number of amides is 1. The van der Waals surface area contributed by atoms with Crippen molar-refractivity contribution in [1.82, 2.24) is 9.21 Å². The number of rotatable bonds is 4. The van der Waals surface area contributed by atoms with Crippen LogP contribution in [0, 0.1) is 5.82 Å². The van der Waals surface area contributed by atoms with E-state index in [2.05, 4.69) is 0 Å². The van der Waals surface area contributed by atoms with E-state index < -0.39 is 20.7 Å². The van der Waals surface area contributed by atoms with Crippen molar-refractivity contribution in [3.63, 3.8) is 0 Å². The lowest BCUT2D eigenvalue weighted by Crippen LogP contribution is -2.40. The van der Waals surface area contributed by atoms with Gasteiger partial charge in [-0.3, -0.25) is 4.79 Å². The highest BCUT2D eigenvalue weighted by Crippen LogP contribution is 2.38. The quantitative estimate of drug-likeness (QED) is 0.532. The number of sulfonamides is 1. The zero-order chi connectivity index (χ0) is 23.0. The first-order chi connectivity index (χ1) is 16.0. The van der Waals surface area contributed by atoms with Crippen LogP contribution < -0.4 is 0 Å². The molecule has 8 heteroatoms. The molecule has 1 saturated heterocycles. The van der Waals surface area contributed by atoms with E-state index in [-0.39, 0.29) is 17.5 Å². The van der Waals surface area contributed by atoms with Crippen molar-refractivity contribution in [1.29, 1.82) is 0 Å². The maximum absolute atomic E-state index is 14.7. The second-order valence-corrected chi connectivity index (χ2v) is 11.4. The Morgan fingerprint density at radius 3 is 2.48 bits per heavy atom. The van der Waals surface area contributed by atoms with Crippen LogP contribution in [0.15, 0.2) is 64.9 Å². The van der Waals surface area contributed by atoms with Crippen LogP contribution in [0.3, 0.4) is 0 Å². The first-order valence-electron chi connectivity index (χ1n) is 11.2. The van der Waals surface area contributed by atoms with E-state index in [1.54, 1.807) is 16.2 Å². The highest BCUT2D eigenvalue weighted by Gasteiger charge is 2.35. The molecule has 0 spiro atoms. The fraction of sp³-hybridized carbons (Fsp3) is 0.320. The van der Waals surface area contributed by atoms with Crippen molar-refractivity contribution >= 4 is 27.3 Å². The van der Waals surface area contributed by atoms with E-state index >= 15 is 0 Å². The molecule has 3 heterocycles. The number of carbonyl (C=O) groups excluding carboxylic acids is 1. The van der Waals surface area contributed by atoms with Crippen molar-refractivity contribution in [2.75, 3.05) is 19.6 Å². The summed E-state index contributed by atoms with van der Waals surface area (Å²) in [7, 11) is -4.00. The van der Waals surface area contributed by atoms with Crippen molar-refractivity contribution in [2.45, 2.75) is 36.6 Å². The Labute approximate surface area is 197 Å². The minimum absolute atomic E-state index is 0.187. The molecular weight excluding hydrogens is 459 g/mol. The molecule has 2 aliphatic heterocycles. The van der Waals surface area contributed by atoms with Crippen molar-refractivity contribution in [3.05, 3.63) is 87.4 Å². The topological polar surface area (TPSA) is 57.7 Å². The molecule has 3 aromatic rings. The monoisotopic (exact) mass is 484 g/mol. The van der Waals surface area contributed by atoms with Gasteiger partial charge in [0.25, 0.3) is 5.91 Å². The summed E-state index contributed by atoms with van der Waals surface area (Å²) in [6.07, 6.45) is 3.22. The number of halogens is 1. The summed E-state index contributed by atoms with van der Waals surface area (Å²) < 4.78 is 42.3. The lowest BCUT2D eigenvalue weighted by atomic mass is 9.92. The average molecular weight is 485 g/mol. The van der Waals surface area contributed by atoms with Crippen molar-refractivity contribution in [3.8, 4) is 0 Å². The molecule has 5 rings (SSSR count). The van der Waals surface area contributed by atoms with Gasteiger partial charge in [0.2, 0.25) is 10.0 Å². The number of fused-ring (bicyclic) bond motifs is 1. The molecule has 0 aliphatic carbocycles. The van der Waals surface area contributed by atoms with Crippen LogP contribution in [0.4, 0.5) is 4.39 Å². The van der Waals surface area contributed by atoms with E-state index in [0.717, 1.165) is 42.9 Å². The minimum Gasteiger partial charge on any atom is -0.327 e. The van der Waals surface area contributed by atoms with Gasteiger partial charge in [-0.05, 0) is 60.0 Å². The number of hydrogen-bond donors (Lipinski definition) is 0. The zero-order valence-corrected chi connectivity index (χ0v) is 19.7. The third-order valence-corrected chi connectivity index (χ3v) is 9.36. The molecule has 5 nitrogen and oxygen atoms in total. The molecular formula is C25H25FN2O3S2. The largest absolute Gasteiger partial charge is 0.327 e. The normalized spacial score (nSPS) is 19.3. The van der Waals surface area contributed by atoms with Gasteiger partial charge in [0.1, 0.15) is 10.7 Å². The van der Waals surface area contributed by atoms with E-state index in [0.29, 0.717) is 19.6 Å². The first kappa shape index (κ1) is 22.3. The predicted molar refractivity (Wildman–Crippen MR) is 126 cm³/mol. The molecule has 1 amide bonds. The van der Waals surface area contributed by atoms with Gasteiger partial charge in [-0.2, -0.15) is 4.31 Å². The highest BCUT2D eigenvalue weighted by atomic mass is 32.2. The summed E-state index contributed by atoms with van der Waals surface area (Å²) in [5.41, 5.74) is 2.27. The Balaban J connectivity index is 1.52. The van der Waals surface area contributed by atoms with Gasteiger partial charge in [0.15, 0.2) is 0 Å². The van der Waals surface area contributed by atoms with Gasteiger partial charge in [-0.1, -0.05) is 36.8 Å². The molecule has 2 aliphatic rings.